The number of hydrogen-bond donors (Lipinski definition) is 3. The molecule has 0 saturated carbocycles. The first-order valence-electron chi connectivity index (χ1n) is 14.3. The SMILES string of the molecule is COCCCOc1cc(C[C@@H](C[C@H](N)[C@@H](O)C[C@H](C(=O)NC2COCCOC2)C(C)C)C(C)C)ccc1OC. The number of hydrogen-bond acceptors (Lipinski definition) is 8. The lowest BCUT2D eigenvalue weighted by atomic mass is 9.80. The van der Waals surface area contributed by atoms with Gasteiger partial charge in [-0.2, -0.15) is 0 Å². The summed E-state index contributed by atoms with van der Waals surface area (Å²) in [5.41, 5.74) is 7.68. The largest absolute Gasteiger partial charge is 0.493 e. The number of carbonyl (C=O) groups is 1. The first kappa shape index (κ1) is 33.3. The van der Waals surface area contributed by atoms with Crippen LogP contribution in [0, 0.1) is 23.7 Å². The lowest BCUT2D eigenvalue weighted by Crippen LogP contribution is -2.47. The van der Waals surface area contributed by atoms with Crippen LogP contribution in [-0.2, 0) is 25.4 Å². The number of ether oxygens (including phenoxy) is 5. The number of aliphatic hydroxyl groups excluding tert-OH is 1. The van der Waals surface area contributed by atoms with Crippen molar-refractivity contribution in [1.82, 2.24) is 5.32 Å². The fourth-order valence-corrected chi connectivity index (χ4v) is 4.87. The molecule has 1 aliphatic rings. The van der Waals surface area contributed by atoms with E-state index >= 15 is 0 Å². The number of carbonyl (C=O) groups excluding carboxylic acids is 1. The molecule has 4 N–H and O–H groups in total. The first-order valence-corrected chi connectivity index (χ1v) is 14.3. The van der Waals surface area contributed by atoms with Crippen LogP contribution in [0.25, 0.3) is 0 Å². The zero-order valence-corrected chi connectivity index (χ0v) is 24.8. The molecule has 1 heterocycles. The summed E-state index contributed by atoms with van der Waals surface area (Å²) in [5, 5.41) is 14.1. The molecule has 0 bridgehead atoms. The van der Waals surface area contributed by atoms with Gasteiger partial charge in [0, 0.05) is 32.1 Å². The molecular formula is C30H52N2O7. The van der Waals surface area contributed by atoms with Crippen LogP contribution in [0.15, 0.2) is 18.2 Å². The van der Waals surface area contributed by atoms with E-state index in [0.717, 1.165) is 18.4 Å². The molecule has 9 heteroatoms. The van der Waals surface area contributed by atoms with Crippen molar-refractivity contribution in [2.75, 3.05) is 53.9 Å². The van der Waals surface area contributed by atoms with E-state index < -0.39 is 12.1 Å². The Balaban J connectivity index is 2.00. The zero-order valence-electron chi connectivity index (χ0n) is 24.8. The minimum Gasteiger partial charge on any atom is -0.493 e. The molecular weight excluding hydrogens is 500 g/mol. The van der Waals surface area contributed by atoms with Crippen LogP contribution in [-0.4, -0.2) is 83.1 Å². The van der Waals surface area contributed by atoms with Gasteiger partial charge in [0.2, 0.25) is 5.91 Å². The Morgan fingerprint density at radius 2 is 1.74 bits per heavy atom. The van der Waals surface area contributed by atoms with Crippen molar-refractivity contribution in [1.29, 1.82) is 0 Å². The summed E-state index contributed by atoms with van der Waals surface area (Å²) < 4.78 is 27.6. The van der Waals surface area contributed by atoms with Gasteiger partial charge in [0.25, 0.3) is 0 Å². The summed E-state index contributed by atoms with van der Waals surface area (Å²) in [6.45, 7) is 11.5. The van der Waals surface area contributed by atoms with Gasteiger partial charge in [-0.3, -0.25) is 4.79 Å². The van der Waals surface area contributed by atoms with Crippen LogP contribution < -0.4 is 20.5 Å². The molecule has 0 unspecified atom stereocenters. The Morgan fingerprint density at radius 1 is 1.05 bits per heavy atom. The van der Waals surface area contributed by atoms with E-state index in [1.54, 1.807) is 14.2 Å². The number of amides is 1. The van der Waals surface area contributed by atoms with E-state index in [1.165, 1.54) is 0 Å². The van der Waals surface area contributed by atoms with E-state index in [1.807, 2.05) is 26.0 Å². The van der Waals surface area contributed by atoms with Crippen molar-refractivity contribution in [3.05, 3.63) is 23.8 Å². The van der Waals surface area contributed by atoms with Crippen LogP contribution in [0.5, 0.6) is 11.5 Å². The molecule has 9 nitrogen and oxygen atoms in total. The highest BCUT2D eigenvalue weighted by Gasteiger charge is 2.31. The maximum Gasteiger partial charge on any atom is 0.223 e. The predicted octanol–water partition coefficient (Wildman–Crippen LogP) is 3.20. The monoisotopic (exact) mass is 552 g/mol. The lowest BCUT2D eigenvalue weighted by Gasteiger charge is -2.30. The molecule has 0 aromatic heterocycles. The van der Waals surface area contributed by atoms with E-state index in [2.05, 4.69) is 25.2 Å². The molecule has 1 saturated heterocycles. The van der Waals surface area contributed by atoms with Crippen LogP contribution in [0.2, 0.25) is 0 Å². The first-order chi connectivity index (χ1) is 18.7. The van der Waals surface area contributed by atoms with Crippen LogP contribution in [0.4, 0.5) is 0 Å². The highest BCUT2D eigenvalue weighted by atomic mass is 16.5. The van der Waals surface area contributed by atoms with Crippen molar-refractivity contribution >= 4 is 5.91 Å². The van der Waals surface area contributed by atoms with Gasteiger partial charge in [-0.05, 0) is 54.7 Å². The van der Waals surface area contributed by atoms with Crippen LogP contribution >= 0.6 is 0 Å². The summed E-state index contributed by atoms with van der Waals surface area (Å²) in [7, 11) is 3.31. The molecule has 0 radical (unpaired) electrons. The van der Waals surface area contributed by atoms with Crippen molar-refractivity contribution < 1.29 is 33.6 Å². The van der Waals surface area contributed by atoms with Gasteiger partial charge in [0.05, 0.1) is 52.3 Å². The molecule has 39 heavy (non-hydrogen) atoms. The van der Waals surface area contributed by atoms with Gasteiger partial charge in [-0.15, -0.1) is 0 Å². The zero-order chi connectivity index (χ0) is 28.8. The Bertz CT molecular complexity index is 828. The van der Waals surface area contributed by atoms with Crippen molar-refractivity contribution in [3.8, 4) is 11.5 Å². The topological polar surface area (TPSA) is 122 Å². The number of benzene rings is 1. The molecule has 0 aliphatic carbocycles. The molecule has 224 valence electrons. The molecule has 1 aromatic rings. The van der Waals surface area contributed by atoms with Crippen molar-refractivity contribution in [2.24, 2.45) is 29.4 Å². The average Bonchev–Trinajstić information content (AvgIpc) is 3.17. The lowest BCUT2D eigenvalue weighted by molar-refractivity contribution is -0.129. The summed E-state index contributed by atoms with van der Waals surface area (Å²) in [6, 6.07) is 5.39. The van der Waals surface area contributed by atoms with Crippen LogP contribution in [0.3, 0.4) is 0 Å². The normalized spacial score (nSPS) is 17.9. The van der Waals surface area contributed by atoms with Gasteiger partial charge < -0.3 is 39.8 Å². The molecule has 1 aliphatic heterocycles. The molecule has 1 aromatic carbocycles. The predicted molar refractivity (Wildman–Crippen MR) is 152 cm³/mol. The van der Waals surface area contributed by atoms with Gasteiger partial charge in [-0.1, -0.05) is 33.8 Å². The third kappa shape index (κ3) is 11.6. The molecule has 1 amide bonds. The summed E-state index contributed by atoms with van der Waals surface area (Å²) >= 11 is 0. The molecule has 2 rings (SSSR count). The Hall–Kier alpha value is -1.91. The molecule has 4 atom stereocenters. The molecule has 0 spiro atoms. The van der Waals surface area contributed by atoms with Gasteiger partial charge >= 0.3 is 0 Å². The third-order valence-electron chi connectivity index (χ3n) is 7.48. The van der Waals surface area contributed by atoms with E-state index in [9.17, 15) is 9.90 Å². The van der Waals surface area contributed by atoms with Gasteiger partial charge in [-0.25, -0.2) is 0 Å². The van der Waals surface area contributed by atoms with Crippen molar-refractivity contribution in [2.45, 2.75) is 71.6 Å². The second kappa shape index (κ2) is 17.7. The number of nitrogens with two attached hydrogens (primary N) is 1. The highest BCUT2D eigenvalue weighted by Crippen LogP contribution is 2.31. The van der Waals surface area contributed by atoms with E-state index in [-0.39, 0.29) is 29.7 Å². The van der Waals surface area contributed by atoms with Gasteiger partial charge in [0.1, 0.15) is 0 Å². The summed E-state index contributed by atoms with van der Waals surface area (Å²) in [5.74, 6) is 1.63. The van der Waals surface area contributed by atoms with E-state index in [4.69, 9.17) is 29.4 Å². The number of aliphatic hydroxyl groups is 1. The second-order valence-electron chi connectivity index (χ2n) is 11.3. The number of methoxy groups -OCH3 is 2. The van der Waals surface area contributed by atoms with E-state index in [0.29, 0.717) is 69.9 Å². The summed E-state index contributed by atoms with van der Waals surface area (Å²) in [4.78, 5) is 13.1. The third-order valence-corrected chi connectivity index (χ3v) is 7.48. The maximum atomic E-state index is 13.1. The Morgan fingerprint density at radius 3 is 2.33 bits per heavy atom. The Labute approximate surface area is 235 Å². The fraction of sp³-hybridized carbons (Fsp3) is 0.767. The maximum absolute atomic E-state index is 13.1. The van der Waals surface area contributed by atoms with Gasteiger partial charge in [0.15, 0.2) is 11.5 Å². The summed E-state index contributed by atoms with van der Waals surface area (Å²) in [6.07, 6.45) is 1.76. The average molecular weight is 553 g/mol. The smallest absolute Gasteiger partial charge is 0.223 e. The van der Waals surface area contributed by atoms with Crippen LogP contribution in [0.1, 0.15) is 52.5 Å². The number of nitrogens with one attached hydrogen (secondary N) is 1. The minimum atomic E-state index is -0.790. The molecule has 1 fully saturated rings. The number of rotatable bonds is 17. The fourth-order valence-electron chi connectivity index (χ4n) is 4.87. The van der Waals surface area contributed by atoms with Crippen molar-refractivity contribution in [3.63, 3.8) is 0 Å². The second-order valence-corrected chi connectivity index (χ2v) is 11.3. The minimum absolute atomic E-state index is 0.0574. The standard InChI is InChI=1S/C30H52N2O7/c1-20(2)23(14-22-8-9-28(36-6)29(15-22)39-11-7-10-35-5)16-26(31)27(33)17-25(21(3)4)30(34)32-24-18-37-12-13-38-19-24/h8-9,15,20-21,23-27,33H,7,10-14,16-19,31H2,1-6H3,(H,32,34)/t23-,25-,26-,27-/m0/s1. The highest BCUT2D eigenvalue weighted by molar-refractivity contribution is 5.79. The Kier molecular flexibility index (Phi) is 15.1. The quantitative estimate of drug-likeness (QED) is 0.252.